The van der Waals surface area contributed by atoms with Crippen LogP contribution in [0.15, 0.2) is 0 Å². The second kappa shape index (κ2) is 5.71. The molecule has 2 fully saturated rings. The molecular weight excluding hydrogens is 208 g/mol. The minimum atomic E-state index is 0.751. The molecule has 0 radical (unpaired) electrons. The Balaban J connectivity index is 1.90. The van der Waals surface area contributed by atoms with Gasteiger partial charge in [0.2, 0.25) is 0 Å². The molecule has 1 heterocycles. The van der Waals surface area contributed by atoms with E-state index in [1.165, 1.54) is 38.6 Å². The number of piperidine rings is 1. The number of likely N-dealkylation sites (tertiary alicyclic amines) is 1. The summed E-state index contributed by atoms with van der Waals surface area (Å²) in [5.74, 6) is 1.86. The van der Waals surface area contributed by atoms with Gasteiger partial charge in [0.15, 0.2) is 0 Å². The summed E-state index contributed by atoms with van der Waals surface area (Å²) >= 11 is 0. The monoisotopic (exact) mass is 238 g/mol. The van der Waals surface area contributed by atoms with Gasteiger partial charge in [-0.05, 0) is 57.9 Å². The van der Waals surface area contributed by atoms with Gasteiger partial charge in [-0.25, -0.2) is 0 Å². The highest BCUT2D eigenvalue weighted by atomic mass is 15.2. The van der Waals surface area contributed by atoms with E-state index < -0.39 is 0 Å². The highest BCUT2D eigenvalue weighted by Crippen LogP contribution is 2.34. The van der Waals surface area contributed by atoms with Gasteiger partial charge in [0.25, 0.3) is 0 Å². The van der Waals surface area contributed by atoms with E-state index in [-0.39, 0.29) is 0 Å². The molecule has 0 aromatic heterocycles. The van der Waals surface area contributed by atoms with E-state index in [1.807, 2.05) is 0 Å². The van der Waals surface area contributed by atoms with Gasteiger partial charge >= 0.3 is 0 Å². The summed E-state index contributed by atoms with van der Waals surface area (Å²) in [6.45, 7) is 8.60. The van der Waals surface area contributed by atoms with Crippen molar-refractivity contribution >= 4 is 0 Å². The standard InChI is InChI=1S/C15H30N2/c1-11-5-6-15(9-12(11)2)17-8-7-14(16-4)10-13(17)3/h11-16H,5-10H2,1-4H3. The lowest BCUT2D eigenvalue weighted by molar-refractivity contribution is 0.0454. The highest BCUT2D eigenvalue weighted by Gasteiger charge is 2.33. The summed E-state index contributed by atoms with van der Waals surface area (Å²) < 4.78 is 0. The molecule has 1 saturated carbocycles. The summed E-state index contributed by atoms with van der Waals surface area (Å²) in [4.78, 5) is 2.80. The minimum absolute atomic E-state index is 0.751. The Hall–Kier alpha value is -0.0800. The van der Waals surface area contributed by atoms with Crippen molar-refractivity contribution in [3.05, 3.63) is 0 Å². The lowest BCUT2D eigenvalue weighted by atomic mass is 9.77. The average Bonchev–Trinajstić information content (AvgIpc) is 2.32. The van der Waals surface area contributed by atoms with Crippen LogP contribution in [0.5, 0.6) is 0 Å². The van der Waals surface area contributed by atoms with E-state index in [0.717, 1.165) is 30.0 Å². The van der Waals surface area contributed by atoms with Crippen LogP contribution in [0.1, 0.15) is 52.9 Å². The maximum absolute atomic E-state index is 3.45. The topological polar surface area (TPSA) is 15.3 Å². The molecule has 2 rings (SSSR count). The molecule has 1 aliphatic carbocycles. The van der Waals surface area contributed by atoms with Crippen molar-refractivity contribution in [2.45, 2.75) is 71.0 Å². The van der Waals surface area contributed by atoms with Crippen LogP contribution in [0.4, 0.5) is 0 Å². The third-order valence-electron chi connectivity index (χ3n) is 5.38. The zero-order valence-corrected chi connectivity index (χ0v) is 12.1. The van der Waals surface area contributed by atoms with Crippen LogP contribution in [0.25, 0.3) is 0 Å². The second-order valence-electron chi connectivity index (χ2n) is 6.52. The molecular formula is C15H30N2. The Morgan fingerprint density at radius 2 is 1.71 bits per heavy atom. The van der Waals surface area contributed by atoms with Gasteiger partial charge < -0.3 is 5.32 Å². The quantitative estimate of drug-likeness (QED) is 0.796. The van der Waals surface area contributed by atoms with Crippen molar-refractivity contribution in [3.8, 4) is 0 Å². The van der Waals surface area contributed by atoms with Crippen molar-refractivity contribution in [1.82, 2.24) is 10.2 Å². The van der Waals surface area contributed by atoms with E-state index >= 15 is 0 Å². The molecule has 0 amide bonds. The number of hydrogen-bond acceptors (Lipinski definition) is 2. The van der Waals surface area contributed by atoms with Crippen molar-refractivity contribution in [3.63, 3.8) is 0 Å². The third kappa shape index (κ3) is 3.03. The second-order valence-corrected chi connectivity index (χ2v) is 6.52. The predicted molar refractivity (Wildman–Crippen MR) is 74.2 cm³/mol. The minimum Gasteiger partial charge on any atom is -0.317 e. The normalized spacial score (nSPS) is 44.8. The molecule has 2 aliphatic rings. The molecule has 1 saturated heterocycles. The van der Waals surface area contributed by atoms with Crippen molar-refractivity contribution in [2.75, 3.05) is 13.6 Å². The maximum atomic E-state index is 3.45. The Morgan fingerprint density at radius 3 is 2.29 bits per heavy atom. The summed E-state index contributed by atoms with van der Waals surface area (Å²) in [5.41, 5.74) is 0. The Kier molecular flexibility index (Phi) is 4.48. The van der Waals surface area contributed by atoms with Crippen LogP contribution in [-0.2, 0) is 0 Å². The van der Waals surface area contributed by atoms with Crippen LogP contribution in [-0.4, -0.2) is 36.6 Å². The molecule has 0 spiro atoms. The first kappa shape index (κ1) is 13.4. The largest absolute Gasteiger partial charge is 0.317 e. The Labute approximate surface area is 107 Å². The SMILES string of the molecule is CNC1CCN(C2CCC(C)C(C)C2)C(C)C1. The lowest BCUT2D eigenvalue weighted by Crippen LogP contribution is -2.52. The maximum Gasteiger partial charge on any atom is 0.0101 e. The molecule has 2 heteroatoms. The van der Waals surface area contributed by atoms with Gasteiger partial charge in [-0.15, -0.1) is 0 Å². The van der Waals surface area contributed by atoms with Gasteiger partial charge in [-0.3, -0.25) is 4.90 Å². The first-order valence-electron chi connectivity index (χ1n) is 7.54. The van der Waals surface area contributed by atoms with E-state index in [0.29, 0.717) is 0 Å². The Bertz CT molecular complexity index is 241. The van der Waals surface area contributed by atoms with Crippen LogP contribution in [0.3, 0.4) is 0 Å². The fourth-order valence-electron chi connectivity index (χ4n) is 3.82. The first-order chi connectivity index (χ1) is 8.11. The molecule has 5 atom stereocenters. The number of rotatable bonds is 2. The van der Waals surface area contributed by atoms with Crippen molar-refractivity contribution in [2.24, 2.45) is 11.8 Å². The van der Waals surface area contributed by atoms with Gasteiger partial charge in [-0.2, -0.15) is 0 Å². The van der Waals surface area contributed by atoms with Crippen molar-refractivity contribution in [1.29, 1.82) is 0 Å². The smallest absolute Gasteiger partial charge is 0.0101 e. The molecule has 5 unspecified atom stereocenters. The van der Waals surface area contributed by atoms with Crippen molar-refractivity contribution < 1.29 is 0 Å². The van der Waals surface area contributed by atoms with Crippen LogP contribution >= 0.6 is 0 Å². The van der Waals surface area contributed by atoms with Gasteiger partial charge in [0, 0.05) is 24.7 Å². The lowest BCUT2D eigenvalue weighted by Gasteiger charge is -2.46. The fraction of sp³-hybridized carbons (Fsp3) is 1.00. The fourth-order valence-corrected chi connectivity index (χ4v) is 3.82. The van der Waals surface area contributed by atoms with Gasteiger partial charge in [-0.1, -0.05) is 13.8 Å². The summed E-state index contributed by atoms with van der Waals surface area (Å²) in [5, 5.41) is 3.45. The number of nitrogens with zero attached hydrogens (tertiary/aromatic N) is 1. The van der Waals surface area contributed by atoms with Gasteiger partial charge in [0.05, 0.1) is 0 Å². The molecule has 1 N–H and O–H groups in total. The summed E-state index contributed by atoms with van der Waals surface area (Å²) in [7, 11) is 2.11. The zero-order valence-electron chi connectivity index (χ0n) is 12.1. The van der Waals surface area contributed by atoms with E-state index in [4.69, 9.17) is 0 Å². The molecule has 17 heavy (non-hydrogen) atoms. The van der Waals surface area contributed by atoms with Gasteiger partial charge in [0.1, 0.15) is 0 Å². The Morgan fingerprint density at radius 1 is 0.941 bits per heavy atom. The third-order valence-corrected chi connectivity index (χ3v) is 5.38. The highest BCUT2D eigenvalue weighted by molar-refractivity contribution is 4.89. The van der Waals surface area contributed by atoms with E-state index in [2.05, 4.69) is 38.0 Å². The first-order valence-corrected chi connectivity index (χ1v) is 7.54. The van der Waals surface area contributed by atoms with Crippen LogP contribution < -0.4 is 5.32 Å². The van der Waals surface area contributed by atoms with Crippen LogP contribution in [0, 0.1) is 11.8 Å². The molecule has 0 aromatic carbocycles. The average molecular weight is 238 g/mol. The molecule has 0 bridgehead atoms. The summed E-state index contributed by atoms with van der Waals surface area (Å²) in [6, 6.07) is 2.39. The van der Waals surface area contributed by atoms with E-state index in [1.54, 1.807) is 0 Å². The molecule has 0 aromatic rings. The molecule has 1 aliphatic heterocycles. The van der Waals surface area contributed by atoms with E-state index in [9.17, 15) is 0 Å². The zero-order chi connectivity index (χ0) is 12.4. The number of nitrogens with one attached hydrogen (secondary N) is 1. The predicted octanol–water partition coefficient (Wildman–Crippen LogP) is 2.88. The number of hydrogen-bond donors (Lipinski definition) is 1. The molecule has 2 nitrogen and oxygen atoms in total. The summed E-state index contributed by atoms with van der Waals surface area (Å²) in [6.07, 6.45) is 6.96. The van der Waals surface area contributed by atoms with Crippen LogP contribution in [0.2, 0.25) is 0 Å². The molecule has 100 valence electrons.